The predicted molar refractivity (Wildman–Crippen MR) is 709 cm³/mol. The van der Waals surface area contributed by atoms with Crippen LogP contribution in [0.4, 0.5) is 0 Å². The van der Waals surface area contributed by atoms with Gasteiger partial charge >= 0.3 is 60.4 Å². The zero-order valence-corrected chi connectivity index (χ0v) is 135. The Bertz CT molecular complexity index is 3240. The third-order valence-electron chi connectivity index (χ3n) is 23.3. The first-order valence-electron chi connectivity index (χ1n) is 58.0. The summed E-state index contributed by atoms with van der Waals surface area (Å²) in [5.74, 6) is 0. The highest BCUT2D eigenvalue weighted by molar-refractivity contribution is 6.94. The summed E-state index contributed by atoms with van der Waals surface area (Å²) in [6.45, 7) is 130. The summed E-state index contributed by atoms with van der Waals surface area (Å²) in [4.78, 5) is 0. The van der Waals surface area contributed by atoms with Gasteiger partial charge in [-0.15, -0.1) is 0 Å². The average Bonchev–Trinajstić information content (AvgIpc) is 0.794. The third kappa shape index (κ3) is 87.0. The van der Waals surface area contributed by atoms with Crippen molar-refractivity contribution in [3.05, 3.63) is 0 Å². The van der Waals surface area contributed by atoms with Crippen LogP contribution in [0.25, 0.3) is 0 Å². The van der Waals surface area contributed by atoms with Crippen molar-refractivity contribution in [2.75, 3.05) is 52.9 Å². The molecule has 0 aliphatic carbocycles. The molecule has 0 aromatic carbocycles. The molecular weight excluding hydrogens is 2300 g/mol. The molecule has 0 aromatic heterocycles. The van der Waals surface area contributed by atoms with Crippen molar-refractivity contribution in [1.29, 1.82) is 0 Å². The zero-order chi connectivity index (χ0) is 119. The summed E-state index contributed by atoms with van der Waals surface area (Å²) in [7, 11) is -49.2. The molecule has 8 N–H and O–H groups in total. The molecule has 0 rings (SSSR count). The van der Waals surface area contributed by atoms with E-state index in [1.807, 2.05) is 0 Å². The van der Waals surface area contributed by atoms with Crippen LogP contribution in [-0.4, -0.2) is 304 Å². The number of unbranched alkanes of at least 4 members (excludes halogenated alkanes) is 6. The molecule has 25 nitrogen and oxygen atoms in total. The van der Waals surface area contributed by atoms with E-state index in [4.69, 9.17) is 70.0 Å². The summed E-state index contributed by atoms with van der Waals surface area (Å²) in [5, 5.41) is 82.8. The molecule has 0 aliphatic heterocycles. The van der Waals surface area contributed by atoms with Crippen LogP contribution in [0.1, 0.15) is 141 Å². The van der Waals surface area contributed by atoms with Crippen LogP contribution < -0.4 is 0 Å². The first-order valence-corrected chi connectivity index (χ1v) is 135. The van der Waals surface area contributed by atoms with Crippen LogP contribution in [0.2, 0.25) is 428 Å². The van der Waals surface area contributed by atoms with Crippen molar-refractivity contribution in [1.82, 2.24) is 0 Å². The van der Waals surface area contributed by atoms with Gasteiger partial charge in [0.15, 0.2) is 150 Å². The lowest BCUT2D eigenvalue weighted by Gasteiger charge is -2.44. The lowest BCUT2D eigenvalue weighted by Crippen LogP contribution is -2.60. The molecule has 0 aliphatic rings. The largest absolute Gasteiger partial charge is 0.469 e. The maximum atomic E-state index is 10.7. The molecule has 0 amide bonds. The van der Waals surface area contributed by atoms with E-state index >= 15 is 0 Å². The molecular formula is C100H258O25Si25. The minimum absolute atomic E-state index is 0.0283. The summed E-state index contributed by atoms with van der Waals surface area (Å²) in [6.07, 6.45) is 20.2. The van der Waals surface area contributed by atoms with Crippen molar-refractivity contribution in [2.45, 2.75) is 569 Å². The van der Waals surface area contributed by atoms with Gasteiger partial charge in [-0.3, -0.25) is 0 Å². The first kappa shape index (κ1) is 161. The summed E-state index contributed by atoms with van der Waals surface area (Å²) in [5.41, 5.74) is -1.84. The van der Waals surface area contributed by atoms with E-state index in [2.05, 4.69) is 380 Å². The average molecular weight is 2560 g/mol. The highest BCUT2D eigenvalue weighted by Crippen LogP contribution is 2.44. The lowest BCUT2D eigenvalue weighted by atomic mass is 9.79. The molecule has 0 heterocycles. The Morgan fingerprint density at radius 3 is 0.373 bits per heavy atom. The van der Waals surface area contributed by atoms with Crippen LogP contribution in [0.15, 0.2) is 0 Å². The highest BCUT2D eigenvalue weighted by Gasteiger charge is 2.55. The maximum absolute atomic E-state index is 10.7. The standard InChI is InChI=1S/C27H72O8Si8.C27H68O6Si6.C25H64O6Si6.C21H54O5Si5/c1-36(2,3)30-42(31-37(4,5)6,32-38(7,8)9)23-19-21-27(25-28,26-29)22-20-24-43(33-39(10,11)12,34-40(13,14)15)35-41(16,17)18;1-34(2,3)30-38(13,31-35(4,5)6)23-19-15-17-21-27(25-28,26-29)22-18-16-20-24-39(14,32-36(7,8)9)33-37(10,11)12;1-32(2,3)28-36(13,29-33(4,5)6)21-17-15-19-25(23-26,24-27)20-16-18-22-37(14,30-34(7,8)9)31-35(10,11)12;1-27(2,3)24-30(10,11)17-13-15-21(19-22,20-23)16-14-18-31(12,25-28(4,5)6)26-29(7,8)9/h28-29H,19-26H2,1-18H3;28-29H,15-26H2,1-14H3;26-27H,15-24H2,1-14H3;22-23H,13-20H2,1-12H3. The monoisotopic (exact) mass is 2560 g/mol. The van der Waals surface area contributed by atoms with Crippen LogP contribution >= 0.6 is 0 Å². The van der Waals surface area contributed by atoms with Crippen molar-refractivity contribution >= 4 is 210 Å². The van der Waals surface area contributed by atoms with Gasteiger partial charge in [0, 0.05) is 33.7 Å². The maximum Gasteiger partial charge on any atom is 0.469 e. The molecule has 150 heavy (non-hydrogen) atoms. The molecule has 0 fully saturated rings. The first-order chi connectivity index (χ1) is 66.2. The quantitative estimate of drug-likeness (QED) is 0.0207. The van der Waals surface area contributed by atoms with E-state index in [0.717, 1.165) is 165 Å². The van der Waals surface area contributed by atoms with Crippen molar-refractivity contribution in [2.24, 2.45) is 21.7 Å². The topological polar surface area (TPSA) is 319 Å². The number of hydrogen-bond acceptors (Lipinski definition) is 25. The fraction of sp³-hybridized carbons (Fsp3) is 1.00. The van der Waals surface area contributed by atoms with E-state index in [-0.39, 0.29) is 58.3 Å². The van der Waals surface area contributed by atoms with Crippen LogP contribution in [0.3, 0.4) is 0 Å². The number of rotatable bonds is 80. The molecule has 0 saturated carbocycles. The third-order valence-corrected chi connectivity index (χ3v) is 102. The SMILES string of the molecule is C[Si](C)(C)O[Si](C)(C)CCCC(CO)(CO)CCC[Si](C)(O[Si](C)(C)C)O[Si](C)(C)C.C[Si](C)(C)O[Si](C)(CCCCC(CO)(CO)CCCC[Si](C)(O[Si](C)(C)C)O[Si](C)(C)C)O[Si](C)(C)C.C[Si](C)(C)O[Si](C)(CCCCCC(CO)(CO)CCCCC[Si](C)(O[Si](C)(C)C)O[Si](C)(C)C)O[Si](C)(C)C.C[Si](C)(C)O[Si](CCCC(CO)(CO)CCC[Si](O[Si](C)(C)C)(O[Si](C)(C)C)O[Si](C)(C)C)(O[Si](C)(C)C)O[Si](C)(C)C. The smallest absolute Gasteiger partial charge is 0.456 e. The highest BCUT2D eigenvalue weighted by atomic mass is 28.5. The molecule has 0 atom stereocenters. The minimum Gasteiger partial charge on any atom is -0.456 e. The van der Waals surface area contributed by atoms with Crippen molar-refractivity contribution in [3.63, 3.8) is 0 Å². The molecule has 0 aromatic rings. The van der Waals surface area contributed by atoms with Gasteiger partial charge in [0.1, 0.15) is 0 Å². The van der Waals surface area contributed by atoms with Gasteiger partial charge in [-0.25, -0.2) is 0 Å². The van der Waals surface area contributed by atoms with Crippen LogP contribution in [0.5, 0.6) is 0 Å². The van der Waals surface area contributed by atoms with Gasteiger partial charge < -0.3 is 111 Å². The van der Waals surface area contributed by atoms with E-state index in [9.17, 15) is 40.9 Å². The molecule has 0 radical (unpaired) electrons. The number of aliphatic hydroxyl groups is 8. The van der Waals surface area contributed by atoms with E-state index in [0.29, 0.717) is 24.9 Å². The summed E-state index contributed by atoms with van der Waals surface area (Å²) < 4.78 is 114. The van der Waals surface area contributed by atoms with Gasteiger partial charge in [0.05, 0.1) is 52.9 Å². The Labute approximate surface area is 956 Å². The zero-order valence-electron chi connectivity index (χ0n) is 110. The second kappa shape index (κ2) is 65.4. The molecule has 0 unspecified atom stereocenters. The lowest BCUT2D eigenvalue weighted by molar-refractivity contribution is 0.0354. The van der Waals surface area contributed by atoms with Gasteiger partial charge in [-0.05, 0) is 480 Å². The Kier molecular flexibility index (Phi) is 70.1. The van der Waals surface area contributed by atoms with E-state index < -0.39 is 226 Å². The fourth-order valence-electron chi connectivity index (χ4n) is 20.3. The molecule has 0 saturated heterocycles. The van der Waals surface area contributed by atoms with Gasteiger partial charge in [-0.1, -0.05) is 77.0 Å². The normalized spacial score (nSPS) is 15.0. The summed E-state index contributed by atoms with van der Waals surface area (Å²) in [6, 6.07) is 7.37. The Morgan fingerprint density at radius 2 is 0.233 bits per heavy atom. The Balaban J connectivity index is -0.000000953. The van der Waals surface area contributed by atoms with Crippen molar-refractivity contribution in [3.8, 4) is 0 Å². The van der Waals surface area contributed by atoms with E-state index in [1.54, 1.807) is 0 Å². The molecule has 908 valence electrons. The van der Waals surface area contributed by atoms with E-state index in [1.165, 1.54) is 0 Å². The molecule has 50 heteroatoms. The Hall–Kier alpha value is 4.42. The molecule has 0 bridgehead atoms. The van der Waals surface area contributed by atoms with Crippen LogP contribution in [0, 0.1) is 21.7 Å². The van der Waals surface area contributed by atoms with Crippen LogP contribution in [-0.2, 0) is 70.0 Å². The second-order valence-electron chi connectivity index (χ2n) is 62.7. The number of hydrogen-bond donors (Lipinski definition) is 8. The molecule has 0 spiro atoms. The predicted octanol–water partition coefficient (Wildman–Crippen LogP) is 31.3. The number of aliphatic hydroxyl groups excluding tert-OH is 8. The van der Waals surface area contributed by atoms with Gasteiger partial charge in [0.2, 0.25) is 0 Å². The Morgan fingerprint density at radius 1 is 0.120 bits per heavy atom. The van der Waals surface area contributed by atoms with Gasteiger partial charge in [-0.2, -0.15) is 0 Å². The van der Waals surface area contributed by atoms with Gasteiger partial charge in [0.25, 0.3) is 0 Å². The fourth-order valence-corrected chi connectivity index (χ4v) is 121. The minimum atomic E-state index is -2.99. The second-order valence-corrected chi connectivity index (χ2v) is 170. The van der Waals surface area contributed by atoms with Crippen molar-refractivity contribution < 1.29 is 111 Å². The summed E-state index contributed by atoms with van der Waals surface area (Å²) >= 11 is 0.